The number of rotatable bonds is 6. The first-order valence-corrected chi connectivity index (χ1v) is 5.50. The summed E-state index contributed by atoms with van der Waals surface area (Å²) in [7, 11) is 0. The number of carbonyl (C=O) groups is 1. The van der Waals surface area contributed by atoms with Crippen LogP contribution in [0.3, 0.4) is 0 Å². The average Bonchev–Trinajstić information content (AvgIpc) is 2.10. The van der Waals surface area contributed by atoms with Gasteiger partial charge in [-0.05, 0) is 47.1 Å². The fourth-order valence-electron chi connectivity index (χ4n) is 0.985. The molecule has 0 saturated carbocycles. The number of nitrogens with two attached hydrogens (primary N) is 2. The molecule has 5 N–H and O–H groups in total. The molecule has 0 aliphatic heterocycles. The van der Waals surface area contributed by atoms with Gasteiger partial charge in [-0.25, -0.2) is 0 Å². The van der Waals surface area contributed by atoms with Gasteiger partial charge in [0.15, 0.2) is 0 Å². The molecule has 0 aromatic heterocycles. The van der Waals surface area contributed by atoms with E-state index in [0.717, 1.165) is 12.8 Å². The Labute approximate surface area is 92.8 Å². The number of nitrogens with one attached hydrogen (secondary N) is 1. The van der Waals surface area contributed by atoms with Crippen molar-refractivity contribution in [2.75, 3.05) is 13.1 Å². The van der Waals surface area contributed by atoms with Crippen molar-refractivity contribution in [1.82, 2.24) is 5.32 Å². The lowest BCUT2D eigenvalue weighted by atomic mass is 9.74. The van der Waals surface area contributed by atoms with E-state index in [1.54, 1.807) is 0 Å². The molecule has 0 rings (SSSR count). The van der Waals surface area contributed by atoms with Crippen LogP contribution in [0.25, 0.3) is 0 Å². The molecular weight excluding hydrogens is 190 g/mol. The first-order valence-electron chi connectivity index (χ1n) is 5.50. The van der Waals surface area contributed by atoms with Crippen molar-refractivity contribution in [3.05, 3.63) is 0 Å². The van der Waals surface area contributed by atoms with Crippen molar-refractivity contribution < 1.29 is 4.79 Å². The van der Waals surface area contributed by atoms with Gasteiger partial charge >= 0.3 is 0 Å². The molecule has 0 radical (unpaired) electrons. The van der Waals surface area contributed by atoms with Gasteiger partial charge in [0.1, 0.15) is 0 Å². The van der Waals surface area contributed by atoms with E-state index in [4.69, 9.17) is 11.5 Å². The van der Waals surface area contributed by atoms with Gasteiger partial charge in [0.05, 0.1) is 5.41 Å². The fourth-order valence-corrected chi connectivity index (χ4v) is 0.985. The number of amides is 1. The Morgan fingerprint density at radius 2 is 1.73 bits per heavy atom. The van der Waals surface area contributed by atoms with Crippen molar-refractivity contribution in [1.29, 1.82) is 0 Å². The van der Waals surface area contributed by atoms with Crippen LogP contribution in [0.2, 0.25) is 0 Å². The van der Waals surface area contributed by atoms with Crippen molar-refractivity contribution in [3.8, 4) is 0 Å². The zero-order chi connectivity index (χ0) is 12.1. The lowest BCUT2D eigenvalue weighted by molar-refractivity contribution is -0.132. The number of hydrogen-bond acceptors (Lipinski definition) is 3. The highest BCUT2D eigenvalue weighted by atomic mass is 16.2. The highest BCUT2D eigenvalue weighted by molar-refractivity contribution is 5.83. The molecule has 0 aromatic rings. The van der Waals surface area contributed by atoms with E-state index in [2.05, 4.69) is 5.32 Å². The molecule has 4 heteroatoms. The van der Waals surface area contributed by atoms with Crippen LogP contribution in [0.5, 0.6) is 0 Å². The Hall–Kier alpha value is -0.610. The van der Waals surface area contributed by atoms with E-state index in [9.17, 15) is 4.79 Å². The molecule has 0 aromatic carbocycles. The molecule has 0 aliphatic carbocycles. The Bertz CT molecular complexity index is 206. The molecule has 90 valence electrons. The molecule has 0 aliphatic rings. The maximum Gasteiger partial charge on any atom is 0.227 e. The molecule has 0 bridgehead atoms. The van der Waals surface area contributed by atoms with Crippen molar-refractivity contribution >= 4 is 5.91 Å². The second-order valence-corrected chi connectivity index (χ2v) is 5.10. The van der Waals surface area contributed by atoms with Crippen LogP contribution < -0.4 is 16.8 Å². The van der Waals surface area contributed by atoms with Crippen LogP contribution in [0.4, 0.5) is 0 Å². The molecule has 0 spiro atoms. The second-order valence-electron chi connectivity index (χ2n) is 5.10. The van der Waals surface area contributed by atoms with Gasteiger partial charge < -0.3 is 16.8 Å². The third-order valence-corrected chi connectivity index (χ3v) is 3.09. The zero-order valence-electron chi connectivity index (χ0n) is 10.4. The van der Waals surface area contributed by atoms with Crippen LogP contribution in [-0.4, -0.2) is 24.5 Å². The zero-order valence-corrected chi connectivity index (χ0v) is 10.4. The highest BCUT2D eigenvalue weighted by Gasteiger charge is 2.39. The average molecular weight is 215 g/mol. The minimum atomic E-state index is -0.560. The predicted molar refractivity (Wildman–Crippen MR) is 63.3 cm³/mol. The lowest BCUT2D eigenvalue weighted by Gasteiger charge is -2.36. The Balaban J connectivity index is 4.10. The molecule has 0 unspecified atom stereocenters. The van der Waals surface area contributed by atoms with E-state index in [1.807, 2.05) is 27.7 Å². The number of unbranched alkanes of at least 4 members (excludes halogenated alkanes) is 1. The summed E-state index contributed by atoms with van der Waals surface area (Å²) in [6.07, 6.45) is 1.86. The summed E-state index contributed by atoms with van der Waals surface area (Å²) >= 11 is 0. The maximum absolute atomic E-state index is 11.9. The first kappa shape index (κ1) is 14.4. The van der Waals surface area contributed by atoms with Crippen LogP contribution in [0, 0.1) is 5.41 Å². The largest absolute Gasteiger partial charge is 0.356 e. The van der Waals surface area contributed by atoms with Crippen molar-refractivity contribution in [2.45, 2.75) is 46.1 Å². The molecule has 4 nitrogen and oxygen atoms in total. The highest BCUT2D eigenvalue weighted by Crippen LogP contribution is 2.28. The summed E-state index contributed by atoms with van der Waals surface area (Å²) < 4.78 is 0. The molecular formula is C11H25N3O. The monoisotopic (exact) mass is 215 g/mol. The van der Waals surface area contributed by atoms with Crippen LogP contribution in [-0.2, 0) is 4.79 Å². The van der Waals surface area contributed by atoms with Gasteiger partial charge in [0.25, 0.3) is 0 Å². The van der Waals surface area contributed by atoms with Gasteiger partial charge in [-0.1, -0.05) is 0 Å². The second kappa shape index (κ2) is 5.47. The summed E-state index contributed by atoms with van der Waals surface area (Å²) in [5.41, 5.74) is 10.2. The third-order valence-electron chi connectivity index (χ3n) is 3.09. The van der Waals surface area contributed by atoms with Gasteiger partial charge in [0, 0.05) is 12.1 Å². The van der Waals surface area contributed by atoms with E-state index in [-0.39, 0.29) is 5.91 Å². The van der Waals surface area contributed by atoms with Gasteiger partial charge in [-0.3, -0.25) is 4.79 Å². The molecule has 1 amide bonds. The van der Waals surface area contributed by atoms with Gasteiger partial charge in [-0.15, -0.1) is 0 Å². The van der Waals surface area contributed by atoms with Crippen molar-refractivity contribution in [3.63, 3.8) is 0 Å². The predicted octanol–water partition coefficient (Wildman–Crippen LogP) is 0.605. The maximum atomic E-state index is 11.9. The molecule has 0 fully saturated rings. The first-order chi connectivity index (χ1) is 6.73. The lowest BCUT2D eigenvalue weighted by Crippen LogP contribution is -2.55. The quantitative estimate of drug-likeness (QED) is 0.568. The fraction of sp³-hybridized carbons (Fsp3) is 0.909. The Kier molecular flexibility index (Phi) is 5.24. The Morgan fingerprint density at radius 1 is 1.20 bits per heavy atom. The van der Waals surface area contributed by atoms with E-state index in [0.29, 0.717) is 13.1 Å². The van der Waals surface area contributed by atoms with Crippen LogP contribution in [0.1, 0.15) is 40.5 Å². The molecule has 0 heterocycles. The standard InChI is InChI=1S/C11H25N3O/c1-10(2,11(3,4)13)9(15)14-8-6-5-7-12/h5-8,12-13H2,1-4H3,(H,14,15). The van der Waals surface area contributed by atoms with E-state index < -0.39 is 11.0 Å². The van der Waals surface area contributed by atoms with E-state index in [1.165, 1.54) is 0 Å². The summed E-state index contributed by atoms with van der Waals surface area (Å²) in [6, 6.07) is 0. The molecule has 0 saturated heterocycles. The SMILES string of the molecule is CC(C)(N)C(C)(C)C(=O)NCCCCN. The van der Waals surface area contributed by atoms with Crippen LogP contribution >= 0.6 is 0 Å². The summed E-state index contributed by atoms with van der Waals surface area (Å²) in [5.74, 6) is 0.00650. The van der Waals surface area contributed by atoms with Gasteiger partial charge in [0.2, 0.25) is 5.91 Å². The Morgan fingerprint density at radius 3 is 2.13 bits per heavy atom. The minimum Gasteiger partial charge on any atom is -0.356 e. The number of carbonyl (C=O) groups excluding carboxylic acids is 1. The summed E-state index contributed by atoms with van der Waals surface area (Å²) in [6.45, 7) is 8.81. The minimum absolute atomic E-state index is 0.00650. The summed E-state index contributed by atoms with van der Waals surface area (Å²) in [5, 5.41) is 2.89. The smallest absolute Gasteiger partial charge is 0.227 e. The molecule has 0 atom stereocenters. The third kappa shape index (κ3) is 4.18. The van der Waals surface area contributed by atoms with Gasteiger partial charge in [-0.2, -0.15) is 0 Å². The van der Waals surface area contributed by atoms with E-state index >= 15 is 0 Å². The van der Waals surface area contributed by atoms with Crippen LogP contribution in [0.15, 0.2) is 0 Å². The molecule has 15 heavy (non-hydrogen) atoms. The summed E-state index contributed by atoms with van der Waals surface area (Å²) in [4.78, 5) is 11.9. The number of hydrogen-bond donors (Lipinski definition) is 3. The topological polar surface area (TPSA) is 81.1 Å². The van der Waals surface area contributed by atoms with Crippen molar-refractivity contribution in [2.24, 2.45) is 16.9 Å². The normalized spacial score (nSPS) is 12.7.